The number of phenolic OH excluding ortho intramolecular Hbond substituents is 1. The number of hydrazone groups is 1. The van der Waals surface area contributed by atoms with Gasteiger partial charge in [-0.2, -0.15) is 5.10 Å². The number of phenols is 1. The summed E-state index contributed by atoms with van der Waals surface area (Å²) in [4.78, 5) is 22.1. The number of carbonyl (C=O) groups excluding carboxylic acids is 1. The zero-order valence-electron chi connectivity index (χ0n) is 12.1. The molecule has 0 atom stereocenters. The highest BCUT2D eigenvalue weighted by Crippen LogP contribution is 2.26. The van der Waals surface area contributed by atoms with E-state index in [1.807, 2.05) is 0 Å². The minimum absolute atomic E-state index is 0.0662. The quantitative estimate of drug-likeness (QED) is 0.498. The molecule has 0 aliphatic rings. The molecule has 2 rings (SSSR count). The number of nitrogens with one attached hydrogen (secondary N) is 1. The van der Waals surface area contributed by atoms with Crippen LogP contribution in [0, 0.1) is 10.1 Å². The molecule has 0 unspecified atom stereocenters. The number of hydrogen-bond acceptors (Lipinski definition) is 6. The Balaban J connectivity index is 2.06. The number of non-ortho nitro benzene ring substituents is 1. The second-order valence-electron chi connectivity index (χ2n) is 4.44. The van der Waals surface area contributed by atoms with Gasteiger partial charge in [-0.3, -0.25) is 14.9 Å². The molecule has 8 nitrogen and oxygen atoms in total. The number of rotatable bonds is 5. The van der Waals surface area contributed by atoms with E-state index in [1.54, 1.807) is 6.07 Å². The fourth-order valence-electron chi connectivity index (χ4n) is 1.77. The predicted molar refractivity (Wildman–Crippen MR) is 82.8 cm³/mol. The van der Waals surface area contributed by atoms with Crippen molar-refractivity contribution in [2.75, 3.05) is 7.11 Å². The maximum absolute atomic E-state index is 11.9. The number of nitro benzene ring substituents is 1. The summed E-state index contributed by atoms with van der Waals surface area (Å²) in [6, 6.07) is 9.94. The average Bonchev–Trinajstić information content (AvgIpc) is 2.55. The molecule has 2 N–H and O–H groups in total. The van der Waals surface area contributed by atoms with Crippen molar-refractivity contribution in [3.8, 4) is 11.5 Å². The normalized spacial score (nSPS) is 10.5. The lowest BCUT2D eigenvalue weighted by molar-refractivity contribution is -0.384. The van der Waals surface area contributed by atoms with Crippen LogP contribution in [-0.2, 0) is 0 Å². The molecule has 0 saturated carbocycles. The summed E-state index contributed by atoms with van der Waals surface area (Å²) in [5, 5.41) is 23.9. The van der Waals surface area contributed by atoms with Gasteiger partial charge in [0.05, 0.1) is 18.2 Å². The van der Waals surface area contributed by atoms with Crippen LogP contribution >= 0.6 is 0 Å². The second kappa shape index (κ2) is 7.03. The third-order valence-electron chi connectivity index (χ3n) is 2.90. The van der Waals surface area contributed by atoms with Gasteiger partial charge in [-0.05, 0) is 18.2 Å². The summed E-state index contributed by atoms with van der Waals surface area (Å²) in [6.45, 7) is 0. The van der Waals surface area contributed by atoms with Crippen LogP contribution in [0.4, 0.5) is 5.69 Å². The second-order valence-corrected chi connectivity index (χ2v) is 4.44. The molecule has 8 heteroatoms. The SMILES string of the molecule is COc1cc(C(=O)N/N=C/c2cccc([N+](=O)[O-])c2)ccc1O. The van der Waals surface area contributed by atoms with Gasteiger partial charge in [0.1, 0.15) is 0 Å². The maximum Gasteiger partial charge on any atom is 0.271 e. The molecule has 0 radical (unpaired) electrons. The van der Waals surface area contributed by atoms with Gasteiger partial charge in [0.15, 0.2) is 11.5 Å². The van der Waals surface area contributed by atoms with Crippen LogP contribution in [-0.4, -0.2) is 29.3 Å². The lowest BCUT2D eigenvalue weighted by Crippen LogP contribution is -2.17. The molecular weight excluding hydrogens is 302 g/mol. The Kier molecular flexibility index (Phi) is 4.88. The first-order valence-corrected chi connectivity index (χ1v) is 6.46. The Morgan fingerprint density at radius 2 is 2.13 bits per heavy atom. The van der Waals surface area contributed by atoms with Gasteiger partial charge in [-0.25, -0.2) is 5.43 Å². The molecule has 0 aromatic heterocycles. The summed E-state index contributed by atoms with van der Waals surface area (Å²) in [7, 11) is 1.37. The molecule has 23 heavy (non-hydrogen) atoms. The number of nitro groups is 1. The van der Waals surface area contributed by atoms with Crippen molar-refractivity contribution in [1.82, 2.24) is 5.43 Å². The number of methoxy groups -OCH3 is 1. The number of ether oxygens (including phenoxy) is 1. The van der Waals surface area contributed by atoms with E-state index in [0.29, 0.717) is 5.56 Å². The molecule has 0 aliphatic carbocycles. The van der Waals surface area contributed by atoms with Crippen LogP contribution in [0.3, 0.4) is 0 Å². The molecule has 2 aromatic rings. The smallest absolute Gasteiger partial charge is 0.271 e. The lowest BCUT2D eigenvalue weighted by Gasteiger charge is -2.05. The minimum atomic E-state index is -0.515. The van der Waals surface area contributed by atoms with Crippen molar-refractivity contribution in [2.24, 2.45) is 5.10 Å². The third kappa shape index (κ3) is 4.03. The molecule has 0 heterocycles. The van der Waals surface area contributed by atoms with Crippen LogP contribution < -0.4 is 10.2 Å². The summed E-state index contributed by atoms with van der Waals surface area (Å²) < 4.78 is 4.91. The monoisotopic (exact) mass is 315 g/mol. The highest BCUT2D eigenvalue weighted by molar-refractivity contribution is 5.95. The molecule has 0 spiro atoms. The summed E-state index contributed by atoms with van der Waals surface area (Å²) in [6.07, 6.45) is 1.29. The van der Waals surface area contributed by atoms with Crippen molar-refractivity contribution in [2.45, 2.75) is 0 Å². The first-order valence-electron chi connectivity index (χ1n) is 6.46. The van der Waals surface area contributed by atoms with Gasteiger partial charge in [0.2, 0.25) is 0 Å². The zero-order chi connectivity index (χ0) is 16.8. The highest BCUT2D eigenvalue weighted by atomic mass is 16.6. The van der Waals surface area contributed by atoms with Gasteiger partial charge < -0.3 is 9.84 Å². The first kappa shape index (κ1) is 16.0. The number of amides is 1. The molecule has 118 valence electrons. The number of hydrogen-bond donors (Lipinski definition) is 2. The topological polar surface area (TPSA) is 114 Å². The van der Waals surface area contributed by atoms with Crippen molar-refractivity contribution < 1.29 is 19.6 Å². The van der Waals surface area contributed by atoms with Crippen molar-refractivity contribution >= 4 is 17.8 Å². The number of carbonyl (C=O) groups is 1. The summed E-state index contributed by atoms with van der Waals surface area (Å²) in [5.74, 6) is -0.422. The van der Waals surface area contributed by atoms with E-state index in [1.165, 1.54) is 49.7 Å². The lowest BCUT2D eigenvalue weighted by atomic mass is 10.2. The van der Waals surface area contributed by atoms with E-state index in [-0.39, 0.29) is 22.7 Å². The van der Waals surface area contributed by atoms with E-state index in [4.69, 9.17) is 4.74 Å². The first-order chi connectivity index (χ1) is 11.0. The Bertz CT molecular complexity index is 773. The van der Waals surface area contributed by atoms with Crippen molar-refractivity contribution in [3.05, 3.63) is 63.7 Å². The summed E-state index contributed by atoms with van der Waals surface area (Å²) in [5.41, 5.74) is 2.95. The summed E-state index contributed by atoms with van der Waals surface area (Å²) >= 11 is 0. The number of aromatic hydroxyl groups is 1. The Labute approximate surface area is 131 Å². The average molecular weight is 315 g/mol. The van der Waals surface area contributed by atoms with Crippen molar-refractivity contribution in [3.63, 3.8) is 0 Å². The van der Waals surface area contributed by atoms with Crippen molar-refractivity contribution in [1.29, 1.82) is 0 Å². The van der Waals surface area contributed by atoms with Gasteiger partial charge >= 0.3 is 0 Å². The maximum atomic E-state index is 11.9. The largest absolute Gasteiger partial charge is 0.504 e. The van der Waals surface area contributed by atoms with Crippen LogP contribution in [0.5, 0.6) is 11.5 Å². The minimum Gasteiger partial charge on any atom is -0.504 e. The molecule has 1 amide bonds. The van der Waals surface area contributed by atoms with Gasteiger partial charge in [-0.15, -0.1) is 0 Å². The van der Waals surface area contributed by atoms with E-state index in [2.05, 4.69) is 10.5 Å². The fourth-order valence-corrected chi connectivity index (χ4v) is 1.77. The van der Waals surface area contributed by atoms with Gasteiger partial charge in [-0.1, -0.05) is 12.1 Å². The molecule has 0 aliphatic heterocycles. The fraction of sp³-hybridized carbons (Fsp3) is 0.0667. The molecule has 0 fully saturated rings. The van der Waals surface area contributed by atoms with Gasteiger partial charge in [0.25, 0.3) is 11.6 Å². The standard InChI is InChI=1S/C15H13N3O5/c1-23-14-8-11(5-6-13(14)19)15(20)17-16-9-10-3-2-4-12(7-10)18(21)22/h2-9,19H,1H3,(H,17,20)/b16-9+. The molecule has 2 aromatic carbocycles. The number of nitrogens with zero attached hydrogens (tertiary/aromatic N) is 2. The highest BCUT2D eigenvalue weighted by Gasteiger charge is 2.09. The van der Waals surface area contributed by atoms with E-state index < -0.39 is 10.8 Å². The van der Waals surface area contributed by atoms with Crippen LogP contribution in [0.15, 0.2) is 47.6 Å². The zero-order valence-corrected chi connectivity index (χ0v) is 12.1. The van der Waals surface area contributed by atoms with Crippen LogP contribution in [0.1, 0.15) is 15.9 Å². The van der Waals surface area contributed by atoms with E-state index in [9.17, 15) is 20.0 Å². The van der Waals surface area contributed by atoms with E-state index >= 15 is 0 Å². The Morgan fingerprint density at radius 1 is 1.35 bits per heavy atom. The number of benzene rings is 2. The van der Waals surface area contributed by atoms with Crippen LogP contribution in [0.25, 0.3) is 0 Å². The Hall–Kier alpha value is -3.42. The predicted octanol–water partition coefficient (Wildman–Crippen LogP) is 2.07. The Morgan fingerprint density at radius 3 is 2.83 bits per heavy atom. The van der Waals surface area contributed by atoms with Crippen LogP contribution in [0.2, 0.25) is 0 Å². The van der Waals surface area contributed by atoms with E-state index in [0.717, 1.165) is 0 Å². The third-order valence-corrected chi connectivity index (χ3v) is 2.90. The molecule has 0 saturated heterocycles. The van der Waals surface area contributed by atoms with Gasteiger partial charge in [0, 0.05) is 23.3 Å². The molecular formula is C15H13N3O5. The molecule has 0 bridgehead atoms.